The van der Waals surface area contributed by atoms with Gasteiger partial charge >= 0.3 is 7.54 Å². The zero-order valence-electron chi connectivity index (χ0n) is 3.35. The van der Waals surface area contributed by atoms with Gasteiger partial charge in [-0.15, -0.1) is 0 Å². The van der Waals surface area contributed by atoms with Crippen LogP contribution in [0.25, 0.3) is 0 Å². The van der Waals surface area contributed by atoms with E-state index < -0.39 is 17.5 Å². The maximum Gasteiger partial charge on any atom is 0.762 e. The highest BCUT2D eigenvalue weighted by Crippen LogP contribution is 1.80. The van der Waals surface area contributed by atoms with Crippen LogP contribution in [-0.4, -0.2) is 16.0 Å². The van der Waals surface area contributed by atoms with Crippen LogP contribution >= 0.6 is 10.7 Å². The van der Waals surface area contributed by atoms with E-state index in [9.17, 15) is 12.9 Å². The van der Waals surface area contributed by atoms with Crippen LogP contribution < -0.4 is 0 Å². The summed E-state index contributed by atoms with van der Waals surface area (Å²) in [5, 5.41) is 0. The van der Waals surface area contributed by atoms with Crippen molar-refractivity contribution in [1.82, 2.24) is 0 Å². The zero-order chi connectivity index (χ0) is 7.15. The molecule has 0 N–H and O–H groups in total. The normalized spacial score (nSPS) is 7.62. The highest BCUT2D eigenvalue weighted by atomic mass is 35.7. The summed E-state index contributed by atoms with van der Waals surface area (Å²) >= 11 is 0. The minimum atomic E-state index is -3.67. The van der Waals surface area contributed by atoms with Gasteiger partial charge in [-0.05, 0) is 0 Å². The van der Waals surface area contributed by atoms with Crippen LogP contribution in [0.4, 0.5) is 12.9 Å². The van der Waals surface area contributed by atoms with Gasteiger partial charge in [-0.3, -0.25) is 12.9 Å². The van der Waals surface area contributed by atoms with Crippen molar-refractivity contribution in [3.8, 4) is 0 Å². The highest BCUT2D eigenvalue weighted by molar-refractivity contribution is 7.98. The summed E-state index contributed by atoms with van der Waals surface area (Å²) in [4.78, 5) is 0. The summed E-state index contributed by atoms with van der Waals surface area (Å²) in [7, 11) is -2.09. The Balaban J connectivity index is 0. The number of rotatable bonds is 0. The third-order valence-corrected chi connectivity index (χ3v) is 0. The van der Waals surface area contributed by atoms with Gasteiger partial charge in [0.05, 0.1) is 0 Å². The monoisotopic (exact) mass is 168 g/mol. The standard InChI is InChI=1S/BF3.ClHO2S/c2-1(3)4;1-4(2)3/h;4H. The Morgan fingerprint density at radius 3 is 1.25 bits per heavy atom. The smallest absolute Gasteiger partial charge is 0.254 e. The summed E-state index contributed by atoms with van der Waals surface area (Å²) in [5.74, 6) is 0. The molecule has 0 fully saturated rings. The molecule has 0 spiro atoms. The molecule has 0 aromatic heterocycles. The van der Waals surface area contributed by atoms with Crippen LogP contribution in [0.15, 0.2) is 0 Å². The first-order valence-corrected chi connectivity index (χ1v) is 3.27. The van der Waals surface area contributed by atoms with Crippen molar-refractivity contribution in [1.29, 1.82) is 0 Å². The van der Waals surface area contributed by atoms with E-state index in [1.807, 2.05) is 0 Å². The molecule has 0 aromatic rings. The maximum atomic E-state index is 9.67. The summed E-state index contributed by atoms with van der Waals surface area (Å²) in [6, 6.07) is 0. The number of thiol groups is 1. The molecular weight excluding hydrogens is 167 g/mol. The van der Waals surface area contributed by atoms with Gasteiger partial charge in [0, 0.05) is 10.7 Å². The van der Waals surface area contributed by atoms with Crippen molar-refractivity contribution < 1.29 is 21.4 Å². The van der Waals surface area contributed by atoms with Gasteiger partial charge in [-0.2, -0.15) is 0 Å². The van der Waals surface area contributed by atoms with Crippen LogP contribution in [0.3, 0.4) is 0 Å². The number of halogens is 4. The number of hydrogen-bond donors (Lipinski definition) is 1. The Labute approximate surface area is 50.3 Å². The molecule has 2 nitrogen and oxygen atoms in total. The second kappa shape index (κ2) is 7.09. The van der Waals surface area contributed by atoms with Crippen LogP contribution in [0.1, 0.15) is 0 Å². The van der Waals surface area contributed by atoms with Gasteiger partial charge in [0.2, 0.25) is 9.92 Å². The van der Waals surface area contributed by atoms with Crippen LogP contribution in [0, 0.1) is 0 Å². The lowest BCUT2D eigenvalue weighted by Crippen LogP contribution is -1.76. The lowest BCUT2D eigenvalue weighted by molar-refractivity contribution is 0.535. The molecular formula is HBClF3O2S. The first-order chi connectivity index (χ1) is 3.46. The molecule has 0 saturated heterocycles. The Morgan fingerprint density at radius 2 is 1.25 bits per heavy atom. The minimum Gasteiger partial charge on any atom is -0.254 e. The molecule has 0 radical (unpaired) electrons. The van der Waals surface area contributed by atoms with E-state index in [2.05, 4.69) is 10.7 Å². The van der Waals surface area contributed by atoms with Crippen molar-refractivity contribution in [2.24, 2.45) is 0 Å². The maximum absolute atomic E-state index is 9.67. The minimum absolute atomic E-state index is 2.65. The Bertz CT molecular complexity index is 90.7. The predicted octanol–water partition coefficient (Wildman–Crippen LogP) is 0.631. The molecule has 0 aliphatic rings. The first-order valence-electron chi connectivity index (χ1n) is 1.19. The van der Waals surface area contributed by atoms with Gasteiger partial charge in [0.15, 0.2) is 0 Å². The van der Waals surface area contributed by atoms with E-state index in [1.165, 1.54) is 0 Å². The molecule has 0 saturated carbocycles. The zero-order valence-corrected chi connectivity index (χ0v) is 5.00. The SMILES string of the molecule is FB(F)F.O=[SH](=O)Cl. The number of hydrogen-bond acceptors (Lipinski definition) is 2. The average Bonchev–Trinajstić information content (AvgIpc) is 1.25. The third kappa shape index (κ3) is 17600. The molecule has 0 aliphatic heterocycles. The molecule has 8 heavy (non-hydrogen) atoms. The fourth-order valence-electron chi connectivity index (χ4n) is 0. The van der Waals surface area contributed by atoms with Gasteiger partial charge in [0.1, 0.15) is 0 Å². The molecule has 8 heteroatoms. The van der Waals surface area contributed by atoms with E-state index in [-0.39, 0.29) is 0 Å². The van der Waals surface area contributed by atoms with Gasteiger partial charge in [-0.1, -0.05) is 0 Å². The van der Waals surface area contributed by atoms with Crippen LogP contribution in [0.2, 0.25) is 0 Å². The largest absolute Gasteiger partial charge is 0.762 e. The fraction of sp³-hybridized carbons (Fsp3) is 0. The topological polar surface area (TPSA) is 34.1 Å². The molecule has 0 bridgehead atoms. The molecule has 0 amide bonds. The van der Waals surface area contributed by atoms with E-state index >= 15 is 0 Å². The van der Waals surface area contributed by atoms with Gasteiger partial charge in [-0.25, -0.2) is 8.42 Å². The summed E-state index contributed by atoms with van der Waals surface area (Å²) < 4.78 is 46.6. The molecule has 0 heterocycles. The summed E-state index contributed by atoms with van der Waals surface area (Å²) in [5.41, 5.74) is 0. The van der Waals surface area contributed by atoms with E-state index in [4.69, 9.17) is 8.42 Å². The quantitative estimate of drug-likeness (QED) is 0.327. The van der Waals surface area contributed by atoms with Crippen molar-refractivity contribution in [2.45, 2.75) is 0 Å². The highest BCUT2D eigenvalue weighted by Gasteiger charge is 2.06. The Kier molecular flexibility index (Phi) is 9.73. The predicted molar refractivity (Wildman–Crippen MR) is 25.2 cm³/mol. The second-order valence-electron chi connectivity index (χ2n) is 0.460. The molecule has 50 valence electrons. The lowest BCUT2D eigenvalue weighted by Gasteiger charge is -1.55. The second-order valence-corrected chi connectivity index (χ2v) is 1.71. The summed E-state index contributed by atoms with van der Waals surface area (Å²) in [6.07, 6.45) is 0. The van der Waals surface area contributed by atoms with Crippen molar-refractivity contribution >= 4 is 28.1 Å². The molecule has 0 atom stereocenters. The lowest BCUT2D eigenvalue weighted by atomic mass is 10.5. The molecule has 0 aliphatic carbocycles. The van der Waals surface area contributed by atoms with Crippen LogP contribution in [0.5, 0.6) is 0 Å². The van der Waals surface area contributed by atoms with Crippen molar-refractivity contribution in [3.63, 3.8) is 0 Å². The van der Waals surface area contributed by atoms with Gasteiger partial charge < -0.3 is 0 Å². The molecule has 0 aromatic carbocycles. The van der Waals surface area contributed by atoms with Gasteiger partial charge in [0.25, 0.3) is 0 Å². The van der Waals surface area contributed by atoms with Crippen molar-refractivity contribution in [2.75, 3.05) is 0 Å². The summed E-state index contributed by atoms with van der Waals surface area (Å²) in [6.45, 7) is 0. The molecule has 0 rings (SSSR count). The fourth-order valence-corrected chi connectivity index (χ4v) is 0. The third-order valence-electron chi connectivity index (χ3n) is 0. The first kappa shape index (κ1) is 11.0. The Morgan fingerprint density at radius 1 is 1.25 bits per heavy atom. The molecule has 0 unspecified atom stereocenters. The van der Waals surface area contributed by atoms with Crippen LogP contribution in [-0.2, 0) is 9.92 Å². The van der Waals surface area contributed by atoms with E-state index in [0.29, 0.717) is 0 Å². The van der Waals surface area contributed by atoms with Crippen molar-refractivity contribution in [3.05, 3.63) is 0 Å². The van der Waals surface area contributed by atoms with E-state index in [0.717, 1.165) is 0 Å². The van der Waals surface area contributed by atoms with E-state index in [1.54, 1.807) is 0 Å². The Hall–Kier alpha value is 0.0949. The average molecular weight is 168 g/mol.